The summed E-state index contributed by atoms with van der Waals surface area (Å²) in [6, 6.07) is 10.0. The second-order valence-electron chi connectivity index (χ2n) is 4.68. The van der Waals surface area contributed by atoms with Crippen LogP contribution in [-0.4, -0.2) is 0 Å². The Morgan fingerprint density at radius 2 is 1.21 bits per heavy atom. The molecule has 19 heavy (non-hydrogen) atoms. The summed E-state index contributed by atoms with van der Waals surface area (Å²) in [7, 11) is 0. The average Bonchev–Trinajstić information content (AvgIpc) is 3.15. The third-order valence-corrected chi connectivity index (χ3v) is 3.70. The zero-order valence-corrected chi connectivity index (χ0v) is 9.84. The SMILES string of the molecule is c1cc2cc3c(cc2o1)c1occc1c1ccoc13. The van der Waals surface area contributed by atoms with E-state index in [0.29, 0.717) is 0 Å². The second kappa shape index (κ2) is 3.01. The Kier molecular flexibility index (Phi) is 1.47. The maximum atomic E-state index is 5.66. The summed E-state index contributed by atoms with van der Waals surface area (Å²) in [5.41, 5.74) is 2.63. The van der Waals surface area contributed by atoms with Crippen molar-refractivity contribution in [1.82, 2.24) is 0 Å². The number of hydrogen-bond acceptors (Lipinski definition) is 3. The molecule has 0 aliphatic heterocycles. The van der Waals surface area contributed by atoms with Gasteiger partial charge in [0.1, 0.15) is 16.7 Å². The van der Waals surface area contributed by atoms with Gasteiger partial charge in [0.25, 0.3) is 0 Å². The first-order chi connectivity index (χ1) is 9.42. The molecule has 90 valence electrons. The fourth-order valence-electron chi connectivity index (χ4n) is 2.85. The van der Waals surface area contributed by atoms with E-state index in [9.17, 15) is 0 Å². The van der Waals surface area contributed by atoms with Gasteiger partial charge in [0.15, 0.2) is 0 Å². The summed E-state index contributed by atoms with van der Waals surface area (Å²) in [5.74, 6) is 0. The maximum absolute atomic E-state index is 5.66. The Balaban J connectivity index is 2.23. The molecule has 2 aromatic carbocycles. The van der Waals surface area contributed by atoms with Gasteiger partial charge < -0.3 is 13.3 Å². The van der Waals surface area contributed by atoms with Crippen molar-refractivity contribution in [2.24, 2.45) is 0 Å². The topological polar surface area (TPSA) is 39.4 Å². The quantitative estimate of drug-likeness (QED) is 0.383. The lowest BCUT2D eigenvalue weighted by Crippen LogP contribution is -1.77. The normalized spacial score (nSPS) is 12.2. The van der Waals surface area contributed by atoms with Crippen molar-refractivity contribution in [2.45, 2.75) is 0 Å². The lowest BCUT2D eigenvalue weighted by Gasteiger charge is -2.01. The molecule has 0 atom stereocenters. The standard InChI is InChI=1S/C16H8O3/c1-4-17-14-8-13-12(7-9(1)14)15-10(2-5-18-15)11-3-6-19-16(11)13/h1-8H. The van der Waals surface area contributed by atoms with Crippen molar-refractivity contribution in [3.05, 3.63) is 49.1 Å². The van der Waals surface area contributed by atoms with Gasteiger partial charge in [-0.2, -0.15) is 0 Å². The first kappa shape index (κ1) is 9.28. The molecule has 0 aliphatic carbocycles. The predicted molar refractivity (Wildman–Crippen MR) is 73.3 cm³/mol. The summed E-state index contributed by atoms with van der Waals surface area (Å²) in [4.78, 5) is 0. The highest BCUT2D eigenvalue weighted by atomic mass is 16.3. The first-order valence-corrected chi connectivity index (χ1v) is 6.09. The van der Waals surface area contributed by atoms with Crippen molar-refractivity contribution < 1.29 is 13.3 Å². The molecular formula is C16H8O3. The molecule has 0 bridgehead atoms. The molecular weight excluding hydrogens is 240 g/mol. The Morgan fingerprint density at radius 3 is 1.95 bits per heavy atom. The number of rotatable bonds is 0. The van der Waals surface area contributed by atoms with Gasteiger partial charge in [-0.15, -0.1) is 0 Å². The van der Waals surface area contributed by atoms with Crippen LogP contribution >= 0.6 is 0 Å². The molecule has 3 aromatic heterocycles. The lowest BCUT2D eigenvalue weighted by molar-refractivity contribution is 0.613. The Labute approximate surface area is 107 Å². The van der Waals surface area contributed by atoms with Crippen molar-refractivity contribution in [1.29, 1.82) is 0 Å². The highest BCUT2D eigenvalue weighted by Gasteiger charge is 2.14. The monoisotopic (exact) mass is 248 g/mol. The second-order valence-corrected chi connectivity index (χ2v) is 4.68. The van der Waals surface area contributed by atoms with Crippen LogP contribution < -0.4 is 0 Å². The third-order valence-electron chi connectivity index (χ3n) is 3.70. The molecule has 3 heterocycles. The average molecular weight is 248 g/mol. The van der Waals surface area contributed by atoms with Crippen LogP contribution in [0, 0.1) is 0 Å². The molecule has 5 rings (SSSR count). The van der Waals surface area contributed by atoms with Gasteiger partial charge >= 0.3 is 0 Å². The molecule has 3 nitrogen and oxygen atoms in total. The van der Waals surface area contributed by atoms with Gasteiger partial charge in [0.05, 0.1) is 18.8 Å². The van der Waals surface area contributed by atoms with Crippen LogP contribution in [0.5, 0.6) is 0 Å². The van der Waals surface area contributed by atoms with Gasteiger partial charge in [-0.25, -0.2) is 0 Å². The minimum Gasteiger partial charge on any atom is -0.464 e. The van der Waals surface area contributed by atoms with Crippen LogP contribution in [0.4, 0.5) is 0 Å². The molecule has 0 saturated heterocycles. The molecule has 0 unspecified atom stereocenters. The fraction of sp³-hybridized carbons (Fsp3) is 0. The van der Waals surface area contributed by atoms with Crippen molar-refractivity contribution >= 4 is 43.7 Å². The van der Waals surface area contributed by atoms with E-state index in [2.05, 4.69) is 6.07 Å². The largest absolute Gasteiger partial charge is 0.464 e. The van der Waals surface area contributed by atoms with E-state index in [-0.39, 0.29) is 0 Å². The first-order valence-electron chi connectivity index (χ1n) is 6.09. The van der Waals surface area contributed by atoms with Gasteiger partial charge in [0, 0.05) is 26.9 Å². The van der Waals surface area contributed by atoms with Gasteiger partial charge in [0.2, 0.25) is 0 Å². The van der Waals surface area contributed by atoms with Gasteiger partial charge in [-0.05, 0) is 30.3 Å². The maximum Gasteiger partial charge on any atom is 0.142 e. The molecule has 3 heteroatoms. The molecule has 0 spiro atoms. The van der Waals surface area contributed by atoms with Crippen LogP contribution in [0.3, 0.4) is 0 Å². The van der Waals surface area contributed by atoms with E-state index >= 15 is 0 Å². The molecule has 5 aromatic rings. The summed E-state index contributed by atoms with van der Waals surface area (Å²) in [5, 5.41) is 5.29. The number of hydrogen-bond donors (Lipinski definition) is 0. The van der Waals surface area contributed by atoms with Gasteiger partial charge in [-0.3, -0.25) is 0 Å². The third kappa shape index (κ3) is 1.03. The number of furan rings is 3. The highest BCUT2D eigenvalue weighted by molar-refractivity contribution is 6.23. The molecule has 0 N–H and O–H groups in total. The minimum absolute atomic E-state index is 0.858. The Morgan fingerprint density at radius 1 is 0.579 bits per heavy atom. The molecule has 0 amide bonds. The van der Waals surface area contributed by atoms with Crippen LogP contribution in [-0.2, 0) is 0 Å². The van der Waals surface area contributed by atoms with Gasteiger partial charge in [-0.1, -0.05) is 0 Å². The molecule has 0 aliphatic rings. The molecule has 0 saturated carbocycles. The summed E-state index contributed by atoms with van der Waals surface area (Å²) in [6.45, 7) is 0. The zero-order valence-electron chi connectivity index (χ0n) is 9.84. The highest BCUT2D eigenvalue weighted by Crippen LogP contribution is 2.38. The van der Waals surface area contributed by atoms with Crippen molar-refractivity contribution in [3.63, 3.8) is 0 Å². The van der Waals surface area contributed by atoms with E-state index in [0.717, 1.165) is 43.7 Å². The van der Waals surface area contributed by atoms with E-state index in [1.165, 1.54) is 0 Å². The van der Waals surface area contributed by atoms with E-state index in [1.54, 1.807) is 18.8 Å². The lowest BCUT2D eigenvalue weighted by atomic mass is 10.0. The smallest absolute Gasteiger partial charge is 0.142 e. The minimum atomic E-state index is 0.858. The van der Waals surface area contributed by atoms with E-state index in [4.69, 9.17) is 13.3 Å². The van der Waals surface area contributed by atoms with E-state index < -0.39 is 0 Å². The predicted octanol–water partition coefficient (Wildman–Crippen LogP) is 5.08. The number of fused-ring (bicyclic) bond motifs is 7. The van der Waals surface area contributed by atoms with Crippen LogP contribution in [0.2, 0.25) is 0 Å². The summed E-state index contributed by atoms with van der Waals surface area (Å²) in [6.07, 6.45) is 5.13. The fourth-order valence-corrected chi connectivity index (χ4v) is 2.85. The van der Waals surface area contributed by atoms with Crippen molar-refractivity contribution in [3.8, 4) is 0 Å². The van der Waals surface area contributed by atoms with E-state index in [1.807, 2.05) is 24.3 Å². The van der Waals surface area contributed by atoms with Crippen LogP contribution in [0.1, 0.15) is 0 Å². The zero-order chi connectivity index (χ0) is 12.4. The Hall–Kier alpha value is -2.68. The molecule has 0 fully saturated rings. The van der Waals surface area contributed by atoms with Crippen molar-refractivity contribution in [2.75, 3.05) is 0 Å². The number of benzene rings is 2. The van der Waals surface area contributed by atoms with Crippen LogP contribution in [0.15, 0.2) is 62.4 Å². The Bertz CT molecular complexity index is 975. The molecule has 0 radical (unpaired) electrons. The summed E-state index contributed by atoms with van der Waals surface area (Å²) >= 11 is 0. The summed E-state index contributed by atoms with van der Waals surface area (Å²) < 4.78 is 16.8. The van der Waals surface area contributed by atoms with Crippen LogP contribution in [0.25, 0.3) is 43.7 Å².